The third-order valence-corrected chi connectivity index (χ3v) is 17.5. The van der Waals surface area contributed by atoms with Crippen molar-refractivity contribution in [3.63, 3.8) is 0 Å². The van der Waals surface area contributed by atoms with Crippen LogP contribution in [0.3, 0.4) is 0 Å². The zero-order chi connectivity index (χ0) is 16.6. The maximum Gasteiger partial charge on any atom is 0.317 e. The topological polar surface area (TPSA) is 18.5 Å². The summed E-state index contributed by atoms with van der Waals surface area (Å²) in [5.41, 5.74) is 7.92. The molecule has 0 aromatic heterocycles. The average molecular weight is 341 g/mol. The van der Waals surface area contributed by atoms with Gasteiger partial charge in [-0.3, -0.25) is 0 Å². The van der Waals surface area contributed by atoms with Gasteiger partial charge in [0.25, 0.3) is 0 Å². The van der Waals surface area contributed by atoms with E-state index in [9.17, 15) is 0 Å². The molecule has 0 amide bonds. The molecule has 0 spiro atoms. The van der Waals surface area contributed by atoms with Crippen molar-refractivity contribution in [1.29, 1.82) is 0 Å². The van der Waals surface area contributed by atoms with Gasteiger partial charge >= 0.3 is 8.56 Å². The normalized spacial score (nSPS) is 12.8. The molecule has 0 saturated heterocycles. The van der Waals surface area contributed by atoms with Crippen LogP contribution in [0, 0.1) is 0 Å². The molecule has 0 aliphatic heterocycles. The first-order chi connectivity index (χ1) is 9.90. The number of hydrogen-bond acceptors (Lipinski definition) is 2. The van der Waals surface area contributed by atoms with Gasteiger partial charge in [0.2, 0.25) is 16.6 Å². The smallest absolute Gasteiger partial charge is 0.317 e. The number of rotatable bonds is 12. The van der Waals surface area contributed by atoms with Crippen LogP contribution in [0.15, 0.2) is 49.1 Å². The lowest BCUT2D eigenvalue weighted by Crippen LogP contribution is -2.56. The van der Waals surface area contributed by atoms with E-state index in [0.717, 1.165) is 24.2 Å². The molecule has 0 bridgehead atoms. The molecular formula is C16H32O2Si3. The summed E-state index contributed by atoms with van der Waals surface area (Å²) in [5.74, 6) is 0. The largest absolute Gasteiger partial charge is 0.429 e. The van der Waals surface area contributed by atoms with E-state index in [2.05, 4.69) is 54.0 Å². The zero-order valence-corrected chi connectivity index (χ0v) is 17.3. The van der Waals surface area contributed by atoms with Crippen LogP contribution in [-0.4, -0.2) is 25.2 Å². The van der Waals surface area contributed by atoms with Gasteiger partial charge in [-0.15, -0.1) is 26.3 Å². The summed E-state index contributed by atoms with van der Waals surface area (Å²) in [5, 5.41) is 0. The minimum atomic E-state index is -2.30. The maximum atomic E-state index is 6.69. The summed E-state index contributed by atoms with van der Waals surface area (Å²) in [6, 6.07) is 3.74. The van der Waals surface area contributed by atoms with Gasteiger partial charge in [-0.05, 0) is 24.2 Å². The van der Waals surface area contributed by atoms with E-state index >= 15 is 0 Å². The molecule has 0 saturated carbocycles. The van der Waals surface area contributed by atoms with Gasteiger partial charge in [-0.1, -0.05) is 50.5 Å². The Morgan fingerprint density at radius 1 is 0.619 bits per heavy atom. The van der Waals surface area contributed by atoms with E-state index in [1.807, 2.05) is 22.8 Å². The van der Waals surface area contributed by atoms with Crippen molar-refractivity contribution in [3.05, 3.63) is 49.1 Å². The molecule has 0 N–H and O–H groups in total. The minimum absolute atomic E-state index is 0.927. The fourth-order valence-corrected chi connectivity index (χ4v) is 15.2. The second kappa shape index (κ2) is 8.85. The molecule has 2 nitrogen and oxygen atoms in total. The van der Waals surface area contributed by atoms with Crippen molar-refractivity contribution >= 4 is 25.2 Å². The molecule has 5 heteroatoms. The fourth-order valence-electron chi connectivity index (χ4n) is 2.31. The maximum absolute atomic E-state index is 6.69. The first kappa shape index (κ1) is 20.5. The molecule has 0 aliphatic carbocycles. The van der Waals surface area contributed by atoms with E-state index < -0.39 is 25.2 Å². The highest BCUT2D eigenvalue weighted by Gasteiger charge is 2.46. The van der Waals surface area contributed by atoms with Gasteiger partial charge in [0.1, 0.15) is 0 Å². The van der Waals surface area contributed by atoms with E-state index in [1.54, 1.807) is 0 Å². The second-order valence-corrected chi connectivity index (χ2v) is 17.0. The lowest BCUT2D eigenvalue weighted by atomic mass is 10.9. The van der Waals surface area contributed by atoms with Crippen LogP contribution >= 0.6 is 0 Å². The lowest BCUT2D eigenvalue weighted by molar-refractivity contribution is 0.380. The third kappa shape index (κ3) is 4.75. The van der Waals surface area contributed by atoms with Gasteiger partial charge in [-0.25, -0.2) is 0 Å². The lowest BCUT2D eigenvalue weighted by Gasteiger charge is -2.42. The van der Waals surface area contributed by atoms with Crippen molar-refractivity contribution in [1.82, 2.24) is 0 Å². The SMILES string of the molecule is C=C[Si](C=C)(CC)O[Si](CC)(CC)O[Si](C=C)(C=C)CC. The van der Waals surface area contributed by atoms with Crippen LogP contribution in [0.1, 0.15) is 27.7 Å². The summed E-state index contributed by atoms with van der Waals surface area (Å²) >= 11 is 0. The van der Waals surface area contributed by atoms with E-state index in [4.69, 9.17) is 8.23 Å². The van der Waals surface area contributed by atoms with Gasteiger partial charge < -0.3 is 8.23 Å². The first-order valence-electron chi connectivity index (χ1n) is 7.85. The summed E-state index contributed by atoms with van der Waals surface area (Å²) in [6.07, 6.45) is 0. The van der Waals surface area contributed by atoms with Crippen molar-refractivity contribution in [2.45, 2.75) is 51.9 Å². The molecule has 0 heterocycles. The molecule has 0 radical (unpaired) electrons. The van der Waals surface area contributed by atoms with Crippen molar-refractivity contribution < 1.29 is 8.23 Å². The molecule has 0 aromatic rings. The summed E-state index contributed by atoms with van der Waals surface area (Å²) in [6.45, 7) is 24.6. The highest BCUT2D eigenvalue weighted by molar-refractivity contribution is 6.95. The van der Waals surface area contributed by atoms with Crippen molar-refractivity contribution in [3.8, 4) is 0 Å². The van der Waals surface area contributed by atoms with Crippen LogP contribution < -0.4 is 0 Å². The van der Waals surface area contributed by atoms with Gasteiger partial charge in [-0.2, -0.15) is 0 Å². The van der Waals surface area contributed by atoms with Crippen LogP contribution in [0.4, 0.5) is 0 Å². The van der Waals surface area contributed by atoms with Gasteiger partial charge in [0.05, 0.1) is 0 Å². The molecule has 0 fully saturated rings. The average Bonchev–Trinajstić information content (AvgIpc) is 2.57. The Kier molecular flexibility index (Phi) is 8.65. The fraction of sp³-hybridized carbons (Fsp3) is 0.500. The van der Waals surface area contributed by atoms with Crippen LogP contribution in [-0.2, 0) is 8.23 Å². The van der Waals surface area contributed by atoms with Crippen LogP contribution in [0.2, 0.25) is 24.2 Å². The Labute approximate surface area is 134 Å². The van der Waals surface area contributed by atoms with Gasteiger partial charge in [0, 0.05) is 0 Å². The van der Waals surface area contributed by atoms with Crippen molar-refractivity contribution in [2.24, 2.45) is 0 Å². The van der Waals surface area contributed by atoms with Gasteiger partial charge in [0.15, 0.2) is 0 Å². The first-order valence-corrected chi connectivity index (χ1v) is 14.6. The predicted octanol–water partition coefficient (Wildman–Crippen LogP) is 5.33. The Morgan fingerprint density at radius 2 is 0.905 bits per heavy atom. The van der Waals surface area contributed by atoms with E-state index in [0.29, 0.717) is 0 Å². The summed E-state index contributed by atoms with van der Waals surface area (Å²) in [7, 11) is -6.53. The molecule has 0 aromatic carbocycles. The van der Waals surface area contributed by atoms with Crippen LogP contribution in [0.25, 0.3) is 0 Å². The second-order valence-electron chi connectivity index (χ2n) is 5.26. The zero-order valence-electron chi connectivity index (χ0n) is 14.3. The molecule has 120 valence electrons. The highest BCUT2D eigenvalue weighted by Crippen LogP contribution is 2.31. The van der Waals surface area contributed by atoms with Crippen LogP contribution in [0.5, 0.6) is 0 Å². The summed E-state index contributed by atoms with van der Waals surface area (Å²) in [4.78, 5) is 0. The van der Waals surface area contributed by atoms with E-state index in [1.165, 1.54) is 0 Å². The Balaban J connectivity index is 5.62. The minimum Gasteiger partial charge on any atom is -0.429 e. The molecule has 0 rings (SSSR count). The van der Waals surface area contributed by atoms with Crippen molar-refractivity contribution in [2.75, 3.05) is 0 Å². The monoisotopic (exact) mass is 340 g/mol. The van der Waals surface area contributed by atoms with E-state index in [-0.39, 0.29) is 0 Å². The molecule has 0 unspecified atom stereocenters. The quantitative estimate of drug-likeness (QED) is 0.447. The number of hydrogen-bond donors (Lipinski definition) is 0. The standard InChI is InChI=1S/C16H32O2Si3/c1-9-19(10-2,11-3)17-21(15-7,16-8)18-20(12-4,13-5)14-6/h9-10,12-13H,1-2,4-5,11,14-16H2,3,6-8H3. The molecule has 0 atom stereocenters. The summed E-state index contributed by atoms with van der Waals surface area (Å²) < 4.78 is 13.4. The Morgan fingerprint density at radius 3 is 1.05 bits per heavy atom. The highest BCUT2D eigenvalue weighted by atomic mass is 28.5. The molecule has 21 heavy (non-hydrogen) atoms. The Hall–Kier alpha value is -0.469. The predicted molar refractivity (Wildman–Crippen MR) is 102 cm³/mol. The molecular weight excluding hydrogens is 308 g/mol. The third-order valence-electron chi connectivity index (χ3n) is 4.32. The molecule has 0 aliphatic rings. The Bertz CT molecular complexity index is 328.